The highest BCUT2D eigenvalue weighted by molar-refractivity contribution is 7.21. The number of aromatic nitrogens is 1. The first-order chi connectivity index (χ1) is 8.59. The SMILES string of the molecule is CC(C)CCNC(=O)c1sc2ncccc2c1N. The van der Waals surface area contributed by atoms with Gasteiger partial charge >= 0.3 is 0 Å². The number of anilines is 1. The number of amides is 1. The number of hydrogen-bond acceptors (Lipinski definition) is 4. The summed E-state index contributed by atoms with van der Waals surface area (Å²) in [4.78, 5) is 17.6. The van der Waals surface area contributed by atoms with Gasteiger partial charge in [-0.05, 0) is 24.5 Å². The lowest BCUT2D eigenvalue weighted by Gasteiger charge is -2.06. The predicted octanol–water partition coefficient (Wildman–Crippen LogP) is 2.65. The average molecular weight is 263 g/mol. The molecule has 2 aromatic rings. The van der Waals surface area contributed by atoms with Crippen molar-refractivity contribution in [3.05, 3.63) is 23.2 Å². The number of pyridine rings is 1. The highest BCUT2D eigenvalue weighted by atomic mass is 32.1. The van der Waals surface area contributed by atoms with Crippen molar-refractivity contribution in [2.24, 2.45) is 5.92 Å². The first-order valence-electron chi connectivity index (χ1n) is 6.00. The molecule has 0 spiro atoms. The minimum Gasteiger partial charge on any atom is -0.397 e. The van der Waals surface area contributed by atoms with Crippen molar-refractivity contribution >= 4 is 33.1 Å². The maximum absolute atomic E-state index is 12.0. The highest BCUT2D eigenvalue weighted by Gasteiger charge is 2.16. The Morgan fingerprint density at radius 1 is 1.56 bits per heavy atom. The van der Waals surface area contributed by atoms with Crippen LogP contribution in [0.15, 0.2) is 18.3 Å². The van der Waals surface area contributed by atoms with Crippen LogP contribution in [0.4, 0.5) is 5.69 Å². The topological polar surface area (TPSA) is 68.0 Å². The Morgan fingerprint density at radius 3 is 3.00 bits per heavy atom. The van der Waals surface area contributed by atoms with E-state index in [1.54, 1.807) is 6.20 Å². The number of nitrogens with one attached hydrogen (secondary N) is 1. The molecule has 0 saturated carbocycles. The van der Waals surface area contributed by atoms with Crippen LogP contribution in [-0.2, 0) is 0 Å². The third-order valence-corrected chi connectivity index (χ3v) is 3.85. The van der Waals surface area contributed by atoms with E-state index in [-0.39, 0.29) is 5.91 Å². The molecule has 0 fully saturated rings. The van der Waals surface area contributed by atoms with E-state index < -0.39 is 0 Å². The van der Waals surface area contributed by atoms with Crippen molar-refractivity contribution in [3.63, 3.8) is 0 Å². The van der Waals surface area contributed by atoms with Crippen LogP contribution in [0, 0.1) is 5.92 Å². The van der Waals surface area contributed by atoms with Gasteiger partial charge in [0.2, 0.25) is 0 Å². The number of nitrogens with two attached hydrogens (primary N) is 1. The van der Waals surface area contributed by atoms with E-state index >= 15 is 0 Å². The van der Waals surface area contributed by atoms with Gasteiger partial charge in [-0.15, -0.1) is 11.3 Å². The van der Waals surface area contributed by atoms with Crippen molar-refractivity contribution < 1.29 is 4.79 Å². The predicted molar refractivity (Wildman–Crippen MR) is 75.8 cm³/mol. The Labute approximate surface area is 110 Å². The molecule has 3 N–H and O–H groups in total. The van der Waals surface area contributed by atoms with Gasteiger partial charge in [-0.3, -0.25) is 4.79 Å². The van der Waals surface area contributed by atoms with E-state index in [0.29, 0.717) is 23.0 Å². The van der Waals surface area contributed by atoms with Crippen LogP contribution in [-0.4, -0.2) is 17.4 Å². The molecule has 2 aromatic heterocycles. The minimum absolute atomic E-state index is 0.101. The summed E-state index contributed by atoms with van der Waals surface area (Å²) in [5.74, 6) is 0.475. The van der Waals surface area contributed by atoms with Crippen LogP contribution < -0.4 is 11.1 Å². The minimum atomic E-state index is -0.101. The fourth-order valence-electron chi connectivity index (χ4n) is 1.67. The van der Waals surface area contributed by atoms with E-state index in [4.69, 9.17) is 5.73 Å². The second-order valence-electron chi connectivity index (χ2n) is 4.64. The second kappa shape index (κ2) is 5.35. The zero-order valence-corrected chi connectivity index (χ0v) is 11.4. The third-order valence-electron chi connectivity index (χ3n) is 2.72. The number of nitrogens with zero attached hydrogens (tertiary/aromatic N) is 1. The maximum atomic E-state index is 12.0. The van der Waals surface area contributed by atoms with Gasteiger partial charge in [0.15, 0.2) is 0 Å². The van der Waals surface area contributed by atoms with Gasteiger partial charge in [0, 0.05) is 18.1 Å². The van der Waals surface area contributed by atoms with Gasteiger partial charge < -0.3 is 11.1 Å². The monoisotopic (exact) mass is 263 g/mol. The molecule has 0 aliphatic rings. The molecule has 18 heavy (non-hydrogen) atoms. The summed E-state index contributed by atoms with van der Waals surface area (Å²) in [6.45, 7) is 4.94. The first kappa shape index (κ1) is 12.8. The standard InChI is InChI=1S/C13H17N3OS/c1-8(2)5-7-15-12(17)11-10(14)9-4-3-6-16-13(9)18-11/h3-4,6,8H,5,7,14H2,1-2H3,(H,15,17). The molecule has 0 aromatic carbocycles. The lowest BCUT2D eigenvalue weighted by molar-refractivity contribution is 0.0957. The van der Waals surface area contributed by atoms with Crippen LogP contribution in [0.25, 0.3) is 10.2 Å². The van der Waals surface area contributed by atoms with Gasteiger partial charge in [-0.1, -0.05) is 13.8 Å². The second-order valence-corrected chi connectivity index (χ2v) is 5.64. The Balaban J connectivity index is 2.15. The highest BCUT2D eigenvalue weighted by Crippen LogP contribution is 2.31. The van der Waals surface area contributed by atoms with Crippen molar-refractivity contribution in [1.29, 1.82) is 0 Å². The molecule has 1 amide bonds. The lowest BCUT2D eigenvalue weighted by Crippen LogP contribution is -2.25. The molecule has 96 valence electrons. The zero-order chi connectivity index (χ0) is 13.1. The lowest BCUT2D eigenvalue weighted by atomic mass is 10.1. The first-order valence-corrected chi connectivity index (χ1v) is 6.82. The summed E-state index contributed by atoms with van der Waals surface area (Å²) >= 11 is 1.34. The zero-order valence-electron chi connectivity index (χ0n) is 10.6. The summed E-state index contributed by atoms with van der Waals surface area (Å²) in [6.07, 6.45) is 2.67. The fourth-order valence-corrected chi connectivity index (χ4v) is 2.65. The maximum Gasteiger partial charge on any atom is 0.263 e. The van der Waals surface area contributed by atoms with Crippen molar-refractivity contribution in [1.82, 2.24) is 10.3 Å². The summed E-state index contributed by atoms with van der Waals surface area (Å²) in [5, 5.41) is 3.75. The van der Waals surface area contributed by atoms with Gasteiger partial charge in [-0.2, -0.15) is 0 Å². The van der Waals surface area contributed by atoms with Gasteiger partial charge in [0.1, 0.15) is 9.71 Å². The fraction of sp³-hybridized carbons (Fsp3) is 0.385. The van der Waals surface area contributed by atoms with E-state index in [1.165, 1.54) is 11.3 Å². The molecule has 0 atom stereocenters. The van der Waals surface area contributed by atoms with Crippen LogP contribution >= 0.6 is 11.3 Å². The van der Waals surface area contributed by atoms with Crippen LogP contribution in [0.3, 0.4) is 0 Å². The number of fused-ring (bicyclic) bond motifs is 1. The molecule has 2 rings (SSSR count). The molecule has 0 aliphatic heterocycles. The van der Waals surface area contributed by atoms with Gasteiger partial charge in [-0.25, -0.2) is 4.98 Å². The molecule has 4 nitrogen and oxygen atoms in total. The molecule has 5 heteroatoms. The Bertz CT molecular complexity index is 562. The largest absolute Gasteiger partial charge is 0.397 e. The molecule has 0 radical (unpaired) electrons. The molecule has 2 heterocycles. The molecular weight excluding hydrogens is 246 g/mol. The smallest absolute Gasteiger partial charge is 0.263 e. The van der Waals surface area contributed by atoms with Crippen LogP contribution in [0.5, 0.6) is 0 Å². The number of hydrogen-bond donors (Lipinski definition) is 2. The summed E-state index contributed by atoms with van der Waals surface area (Å²) in [6, 6.07) is 3.71. The van der Waals surface area contributed by atoms with Crippen LogP contribution in [0.2, 0.25) is 0 Å². The summed E-state index contributed by atoms with van der Waals surface area (Å²) < 4.78 is 0. The van der Waals surface area contributed by atoms with E-state index in [9.17, 15) is 4.79 Å². The van der Waals surface area contributed by atoms with E-state index in [1.807, 2.05) is 12.1 Å². The Morgan fingerprint density at radius 2 is 2.33 bits per heavy atom. The van der Waals surface area contributed by atoms with Gasteiger partial charge in [0.25, 0.3) is 5.91 Å². The van der Waals surface area contributed by atoms with Crippen molar-refractivity contribution in [3.8, 4) is 0 Å². The molecule has 0 unspecified atom stereocenters. The van der Waals surface area contributed by atoms with E-state index in [0.717, 1.165) is 16.6 Å². The number of carbonyl (C=O) groups is 1. The van der Waals surface area contributed by atoms with Gasteiger partial charge in [0.05, 0.1) is 5.69 Å². The third kappa shape index (κ3) is 2.61. The molecule has 0 saturated heterocycles. The van der Waals surface area contributed by atoms with Crippen molar-refractivity contribution in [2.75, 3.05) is 12.3 Å². The Kier molecular flexibility index (Phi) is 3.81. The number of rotatable bonds is 4. The number of carbonyl (C=O) groups excluding carboxylic acids is 1. The molecular formula is C13H17N3OS. The normalized spacial score (nSPS) is 11.1. The quantitative estimate of drug-likeness (QED) is 0.891. The molecule has 0 aliphatic carbocycles. The van der Waals surface area contributed by atoms with Crippen molar-refractivity contribution in [2.45, 2.75) is 20.3 Å². The Hall–Kier alpha value is -1.62. The summed E-state index contributed by atoms with van der Waals surface area (Å²) in [7, 11) is 0. The van der Waals surface area contributed by atoms with E-state index in [2.05, 4.69) is 24.1 Å². The number of nitrogen functional groups attached to an aromatic ring is 1. The summed E-state index contributed by atoms with van der Waals surface area (Å²) in [5.41, 5.74) is 6.51. The van der Waals surface area contributed by atoms with Crippen LogP contribution in [0.1, 0.15) is 29.9 Å². The molecule has 0 bridgehead atoms. The number of thiophene rings is 1. The average Bonchev–Trinajstić information content (AvgIpc) is 2.67.